The van der Waals surface area contributed by atoms with Gasteiger partial charge in [-0.2, -0.15) is 0 Å². The van der Waals surface area contributed by atoms with E-state index in [0.29, 0.717) is 5.92 Å². The molecule has 0 saturated carbocycles. The van der Waals surface area contributed by atoms with Gasteiger partial charge >= 0.3 is 6.03 Å². The Bertz CT molecular complexity index is 242. The largest absolute Gasteiger partial charge is 0.338 e. The summed E-state index contributed by atoms with van der Waals surface area (Å²) in [5.41, 5.74) is 0. The SMILES string of the molecule is CN1CCCCC1NC(=O)NCC1CNC1. The summed E-state index contributed by atoms with van der Waals surface area (Å²) in [6.07, 6.45) is 3.73. The van der Waals surface area contributed by atoms with Gasteiger partial charge in [0.2, 0.25) is 0 Å². The summed E-state index contributed by atoms with van der Waals surface area (Å²) in [6.45, 7) is 3.93. The molecular weight excluding hydrogens is 204 g/mol. The molecular formula is C11H22N4O. The molecule has 1 unspecified atom stereocenters. The maximum Gasteiger partial charge on any atom is 0.316 e. The van der Waals surface area contributed by atoms with Crippen molar-refractivity contribution < 1.29 is 4.79 Å². The molecule has 0 radical (unpaired) electrons. The van der Waals surface area contributed by atoms with Crippen LogP contribution in [0.4, 0.5) is 4.79 Å². The van der Waals surface area contributed by atoms with Gasteiger partial charge in [0, 0.05) is 25.6 Å². The zero-order valence-electron chi connectivity index (χ0n) is 9.96. The zero-order valence-corrected chi connectivity index (χ0v) is 9.96. The Hall–Kier alpha value is -0.810. The van der Waals surface area contributed by atoms with Gasteiger partial charge in [0.25, 0.3) is 0 Å². The van der Waals surface area contributed by atoms with Crippen LogP contribution in [0.15, 0.2) is 0 Å². The summed E-state index contributed by atoms with van der Waals surface area (Å²) in [5.74, 6) is 0.620. The molecule has 0 bridgehead atoms. The van der Waals surface area contributed by atoms with Gasteiger partial charge in [0.1, 0.15) is 0 Å². The lowest BCUT2D eigenvalue weighted by Gasteiger charge is -2.33. The van der Waals surface area contributed by atoms with E-state index in [1.807, 2.05) is 0 Å². The number of nitrogens with one attached hydrogen (secondary N) is 3. The fraction of sp³-hybridized carbons (Fsp3) is 0.909. The van der Waals surface area contributed by atoms with Crippen LogP contribution < -0.4 is 16.0 Å². The van der Waals surface area contributed by atoms with E-state index < -0.39 is 0 Å². The molecule has 1 atom stereocenters. The Kier molecular flexibility index (Phi) is 4.01. The highest BCUT2D eigenvalue weighted by Gasteiger charge is 2.21. The van der Waals surface area contributed by atoms with E-state index in [-0.39, 0.29) is 12.2 Å². The van der Waals surface area contributed by atoms with Crippen LogP contribution in [0.5, 0.6) is 0 Å². The van der Waals surface area contributed by atoms with Crippen LogP contribution in [-0.4, -0.2) is 50.3 Å². The Labute approximate surface area is 96.9 Å². The minimum absolute atomic E-state index is 0.0225. The highest BCUT2D eigenvalue weighted by Crippen LogP contribution is 2.12. The Morgan fingerprint density at radius 2 is 2.25 bits per heavy atom. The van der Waals surface area contributed by atoms with E-state index in [4.69, 9.17) is 0 Å². The van der Waals surface area contributed by atoms with Gasteiger partial charge in [-0.3, -0.25) is 4.90 Å². The molecule has 2 amide bonds. The second kappa shape index (κ2) is 5.50. The van der Waals surface area contributed by atoms with Crippen molar-refractivity contribution in [1.29, 1.82) is 0 Å². The molecule has 16 heavy (non-hydrogen) atoms. The molecule has 2 fully saturated rings. The van der Waals surface area contributed by atoms with Crippen molar-refractivity contribution in [2.45, 2.75) is 25.4 Å². The summed E-state index contributed by atoms with van der Waals surface area (Å²) in [6, 6.07) is -0.0225. The van der Waals surface area contributed by atoms with Crippen molar-refractivity contribution in [2.24, 2.45) is 5.92 Å². The molecule has 0 aromatic rings. The number of rotatable bonds is 3. The van der Waals surface area contributed by atoms with E-state index in [2.05, 4.69) is 27.9 Å². The first-order chi connectivity index (χ1) is 7.75. The third-order valence-corrected chi connectivity index (χ3v) is 3.49. The molecule has 2 aliphatic rings. The monoisotopic (exact) mass is 226 g/mol. The lowest BCUT2D eigenvalue weighted by molar-refractivity contribution is 0.153. The van der Waals surface area contributed by atoms with Crippen LogP contribution >= 0.6 is 0 Å². The average molecular weight is 226 g/mol. The van der Waals surface area contributed by atoms with Crippen LogP contribution in [0.25, 0.3) is 0 Å². The lowest BCUT2D eigenvalue weighted by atomic mass is 10.0. The first kappa shape index (κ1) is 11.7. The number of hydrogen-bond acceptors (Lipinski definition) is 3. The standard InChI is InChI=1S/C11H22N4O/c1-15-5-3-2-4-10(15)14-11(16)13-8-9-6-12-7-9/h9-10,12H,2-8H2,1H3,(H2,13,14,16). The number of piperidine rings is 1. The predicted octanol–water partition coefficient (Wildman–Crippen LogP) is -0.0532. The molecule has 0 aromatic carbocycles. The molecule has 0 aromatic heterocycles. The van der Waals surface area contributed by atoms with Crippen molar-refractivity contribution in [1.82, 2.24) is 20.9 Å². The number of amides is 2. The summed E-state index contributed by atoms with van der Waals surface area (Å²) >= 11 is 0. The second-order valence-electron chi connectivity index (χ2n) is 4.87. The minimum Gasteiger partial charge on any atom is -0.338 e. The normalized spacial score (nSPS) is 27.2. The van der Waals surface area contributed by atoms with Gasteiger partial charge in [-0.1, -0.05) is 0 Å². The first-order valence-corrected chi connectivity index (χ1v) is 6.21. The van der Waals surface area contributed by atoms with Gasteiger partial charge in [-0.05, 0) is 32.9 Å². The molecule has 3 N–H and O–H groups in total. The van der Waals surface area contributed by atoms with Crippen molar-refractivity contribution in [3.05, 3.63) is 0 Å². The smallest absolute Gasteiger partial charge is 0.316 e. The number of urea groups is 1. The molecule has 0 aliphatic carbocycles. The molecule has 92 valence electrons. The molecule has 5 heteroatoms. The summed E-state index contributed by atoms with van der Waals surface area (Å²) in [7, 11) is 2.07. The highest BCUT2D eigenvalue weighted by atomic mass is 16.2. The number of carbonyl (C=O) groups is 1. The highest BCUT2D eigenvalue weighted by molar-refractivity contribution is 5.74. The van der Waals surface area contributed by atoms with E-state index in [9.17, 15) is 4.79 Å². The van der Waals surface area contributed by atoms with Gasteiger partial charge in [-0.15, -0.1) is 0 Å². The van der Waals surface area contributed by atoms with E-state index in [1.165, 1.54) is 12.8 Å². The lowest BCUT2D eigenvalue weighted by Crippen LogP contribution is -2.54. The molecule has 5 nitrogen and oxygen atoms in total. The molecule has 2 rings (SSSR count). The van der Waals surface area contributed by atoms with E-state index >= 15 is 0 Å². The van der Waals surface area contributed by atoms with Gasteiger partial charge < -0.3 is 16.0 Å². The Morgan fingerprint density at radius 3 is 2.88 bits per heavy atom. The average Bonchev–Trinajstić information content (AvgIpc) is 2.19. The fourth-order valence-corrected chi connectivity index (χ4v) is 2.19. The van der Waals surface area contributed by atoms with Crippen molar-refractivity contribution in [3.63, 3.8) is 0 Å². The van der Waals surface area contributed by atoms with Crippen molar-refractivity contribution >= 4 is 6.03 Å². The van der Waals surface area contributed by atoms with Crippen LogP contribution in [-0.2, 0) is 0 Å². The van der Waals surface area contributed by atoms with Crippen molar-refractivity contribution in [2.75, 3.05) is 33.2 Å². The molecule has 0 spiro atoms. The maximum atomic E-state index is 11.6. The van der Waals surface area contributed by atoms with Crippen LogP contribution in [0, 0.1) is 5.92 Å². The Balaban J connectivity index is 1.64. The topological polar surface area (TPSA) is 56.4 Å². The van der Waals surface area contributed by atoms with Gasteiger partial charge in [0.15, 0.2) is 0 Å². The third-order valence-electron chi connectivity index (χ3n) is 3.49. The number of hydrogen-bond donors (Lipinski definition) is 3. The van der Waals surface area contributed by atoms with E-state index in [1.54, 1.807) is 0 Å². The molecule has 2 aliphatic heterocycles. The first-order valence-electron chi connectivity index (χ1n) is 6.21. The summed E-state index contributed by atoms with van der Waals surface area (Å²) in [5, 5.41) is 9.16. The fourth-order valence-electron chi connectivity index (χ4n) is 2.19. The summed E-state index contributed by atoms with van der Waals surface area (Å²) < 4.78 is 0. The third kappa shape index (κ3) is 3.09. The number of carbonyl (C=O) groups excluding carboxylic acids is 1. The predicted molar refractivity (Wildman–Crippen MR) is 63.2 cm³/mol. The molecule has 2 saturated heterocycles. The van der Waals surface area contributed by atoms with Crippen LogP contribution in [0.2, 0.25) is 0 Å². The maximum absolute atomic E-state index is 11.6. The summed E-state index contributed by atoms with van der Waals surface area (Å²) in [4.78, 5) is 13.8. The Morgan fingerprint density at radius 1 is 1.44 bits per heavy atom. The quantitative estimate of drug-likeness (QED) is 0.632. The van der Waals surface area contributed by atoms with Gasteiger partial charge in [-0.25, -0.2) is 4.79 Å². The van der Waals surface area contributed by atoms with Crippen LogP contribution in [0.1, 0.15) is 19.3 Å². The minimum atomic E-state index is -0.0225. The van der Waals surface area contributed by atoms with E-state index in [0.717, 1.165) is 32.6 Å². The zero-order chi connectivity index (χ0) is 11.4. The van der Waals surface area contributed by atoms with Crippen molar-refractivity contribution in [3.8, 4) is 0 Å². The molecule has 2 heterocycles. The second-order valence-corrected chi connectivity index (χ2v) is 4.87. The van der Waals surface area contributed by atoms with Gasteiger partial charge in [0.05, 0.1) is 6.17 Å². The number of likely N-dealkylation sites (tertiary alicyclic amines) is 1. The van der Waals surface area contributed by atoms with Crippen LogP contribution in [0.3, 0.4) is 0 Å². The number of nitrogens with zero attached hydrogens (tertiary/aromatic N) is 1.